The van der Waals surface area contributed by atoms with Crippen molar-refractivity contribution < 1.29 is 0 Å². The first kappa shape index (κ1) is 11.3. The molecule has 2 aliphatic rings. The van der Waals surface area contributed by atoms with E-state index in [1.807, 2.05) is 0 Å². The fraction of sp³-hybridized carbons (Fsp3) is 0.786. The highest BCUT2D eigenvalue weighted by Gasteiger charge is 2.25. The molecule has 1 fully saturated rings. The van der Waals surface area contributed by atoms with Crippen LogP contribution in [0.4, 0.5) is 0 Å². The first-order valence-electron chi connectivity index (χ1n) is 7.03. The van der Waals surface area contributed by atoms with Crippen LogP contribution in [0.1, 0.15) is 55.9 Å². The zero-order valence-corrected chi connectivity index (χ0v) is 11.0. The maximum absolute atomic E-state index is 4.75. The van der Waals surface area contributed by atoms with Crippen molar-refractivity contribution in [3.8, 4) is 0 Å². The van der Waals surface area contributed by atoms with Gasteiger partial charge in [-0.2, -0.15) is 0 Å². The SMILES string of the molecule is Cc1nc2c(n1C1CCC(C)CC1)CCNC2. The van der Waals surface area contributed by atoms with Crippen molar-refractivity contribution in [2.24, 2.45) is 5.92 Å². The smallest absolute Gasteiger partial charge is 0.106 e. The van der Waals surface area contributed by atoms with Gasteiger partial charge in [-0.1, -0.05) is 6.92 Å². The number of hydrogen-bond acceptors (Lipinski definition) is 2. The van der Waals surface area contributed by atoms with Crippen molar-refractivity contribution in [3.05, 3.63) is 17.2 Å². The lowest BCUT2D eigenvalue weighted by atomic mass is 9.87. The molecular weight excluding hydrogens is 210 g/mol. The second-order valence-electron chi connectivity index (χ2n) is 5.76. The van der Waals surface area contributed by atoms with Crippen LogP contribution in [0.25, 0.3) is 0 Å². The Hall–Kier alpha value is -0.830. The van der Waals surface area contributed by atoms with E-state index in [2.05, 4.69) is 23.7 Å². The van der Waals surface area contributed by atoms with E-state index in [0.29, 0.717) is 0 Å². The van der Waals surface area contributed by atoms with E-state index in [1.165, 1.54) is 42.9 Å². The van der Waals surface area contributed by atoms with Crippen molar-refractivity contribution >= 4 is 0 Å². The predicted molar refractivity (Wildman–Crippen MR) is 69.0 cm³/mol. The van der Waals surface area contributed by atoms with Crippen LogP contribution < -0.4 is 5.32 Å². The number of nitrogens with zero attached hydrogens (tertiary/aromatic N) is 2. The van der Waals surface area contributed by atoms with Gasteiger partial charge in [0.25, 0.3) is 0 Å². The van der Waals surface area contributed by atoms with Gasteiger partial charge in [-0.3, -0.25) is 0 Å². The molecule has 3 heteroatoms. The van der Waals surface area contributed by atoms with Crippen molar-refractivity contribution in [3.63, 3.8) is 0 Å². The van der Waals surface area contributed by atoms with Crippen LogP contribution >= 0.6 is 0 Å². The fourth-order valence-electron chi connectivity index (χ4n) is 3.45. The van der Waals surface area contributed by atoms with Crippen LogP contribution in [-0.4, -0.2) is 16.1 Å². The molecule has 0 amide bonds. The maximum atomic E-state index is 4.75. The van der Waals surface area contributed by atoms with Gasteiger partial charge in [0.1, 0.15) is 5.82 Å². The molecule has 1 saturated carbocycles. The Morgan fingerprint density at radius 3 is 2.76 bits per heavy atom. The minimum atomic E-state index is 0.723. The summed E-state index contributed by atoms with van der Waals surface area (Å²) in [6, 6.07) is 0.723. The quantitative estimate of drug-likeness (QED) is 0.808. The minimum Gasteiger partial charge on any atom is -0.329 e. The molecule has 1 aromatic heterocycles. The van der Waals surface area contributed by atoms with E-state index in [1.54, 1.807) is 0 Å². The highest BCUT2D eigenvalue weighted by Crippen LogP contribution is 2.34. The second-order valence-corrected chi connectivity index (χ2v) is 5.76. The number of rotatable bonds is 1. The molecule has 0 radical (unpaired) electrons. The van der Waals surface area contributed by atoms with E-state index in [-0.39, 0.29) is 0 Å². The van der Waals surface area contributed by atoms with Crippen LogP contribution in [0.5, 0.6) is 0 Å². The molecule has 1 aliphatic heterocycles. The van der Waals surface area contributed by atoms with Crippen LogP contribution in [0.15, 0.2) is 0 Å². The van der Waals surface area contributed by atoms with Gasteiger partial charge >= 0.3 is 0 Å². The van der Waals surface area contributed by atoms with E-state index in [4.69, 9.17) is 4.98 Å². The number of fused-ring (bicyclic) bond motifs is 1. The highest BCUT2D eigenvalue weighted by atomic mass is 15.1. The largest absolute Gasteiger partial charge is 0.329 e. The lowest BCUT2D eigenvalue weighted by Crippen LogP contribution is -2.27. The van der Waals surface area contributed by atoms with Crippen molar-refractivity contribution in [2.75, 3.05) is 6.54 Å². The van der Waals surface area contributed by atoms with Gasteiger partial charge in [0, 0.05) is 31.2 Å². The monoisotopic (exact) mass is 233 g/mol. The van der Waals surface area contributed by atoms with Crippen molar-refractivity contribution in [2.45, 2.75) is 58.5 Å². The minimum absolute atomic E-state index is 0.723. The van der Waals surface area contributed by atoms with Crippen LogP contribution in [0, 0.1) is 12.8 Å². The van der Waals surface area contributed by atoms with Gasteiger partial charge in [0.2, 0.25) is 0 Å². The summed E-state index contributed by atoms with van der Waals surface area (Å²) in [5.41, 5.74) is 2.81. The topological polar surface area (TPSA) is 29.9 Å². The van der Waals surface area contributed by atoms with Gasteiger partial charge in [-0.25, -0.2) is 4.98 Å². The molecule has 3 nitrogen and oxygen atoms in total. The predicted octanol–water partition coefficient (Wildman–Crippen LogP) is 2.59. The summed E-state index contributed by atoms with van der Waals surface area (Å²) in [4.78, 5) is 4.75. The summed E-state index contributed by atoms with van der Waals surface area (Å²) in [7, 11) is 0. The third-order valence-corrected chi connectivity index (χ3v) is 4.45. The number of hydrogen-bond donors (Lipinski definition) is 1. The summed E-state index contributed by atoms with van der Waals surface area (Å²) in [6.45, 7) is 6.64. The molecule has 1 aromatic rings. The molecule has 0 atom stereocenters. The third-order valence-electron chi connectivity index (χ3n) is 4.45. The second kappa shape index (κ2) is 4.45. The van der Waals surface area contributed by atoms with Crippen molar-refractivity contribution in [1.82, 2.24) is 14.9 Å². The molecule has 94 valence electrons. The highest BCUT2D eigenvalue weighted by molar-refractivity contribution is 5.21. The van der Waals surface area contributed by atoms with Gasteiger partial charge in [-0.15, -0.1) is 0 Å². The summed E-state index contributed by atoms with van der Waals surface area (Å²) in [6.07, 6.45) is 6.61. The normalized spacial score (nSPS) is 29.1. The number of imidazole rings is 1. The molecule has 1 N–H and O–H groups in total. The van der Waals surface area contributed by atoms with Gasteiger partial charge in [0.15, 0.2) is 0 Å². The molecule has 0 spiro atoms. The van der Waals surface area contributed by atoms with E-state index < -0.39 is 0 Å². The first-order chi connectivity index (χ1) is 8.25. The molecule has 17 heavy (non-hydrogen) atoms. The van der Waals surface area contributed by atoms with E-state index >= 15 is 0 Å². The summed E-state index contributed by atoms with van der Waals surface area (Å²) < 4.78 is 2.56. The van der Waals surface area contributed by atoms with Gasteiger partial charge in [0.05, 0.1) is 5.69 Å². The average molecular weight is 233 g/mol. The number of nitrogens with one attached hydrogen (secondary N) is 1. The molecular formula is C14H23N3. The van der Waals surface area contributed by atoms with E-state index in [9.17, 15) is 0 Å². The van der Waals surface area contributed by atoms with Crippen molar-refractivity contribution in [1.29, 1.82) is 0 Å². The summed E-state index contributed by atoms with van der Waals surface area (Å²) >= 11 is 0. The van der Waals surface area contributed by atoms with Crippen LogP contribution in [0.3, 0.4) is 0 Å². The lowest BCUT2D eigenvalue weighted by molar-refractivity contribution is 0.281. The maximum Gasteiger partial charge on any atom is 0.106 e. The fourth-order valence-corrected chi connectivity index (χ4v) is 3.45. The molecule has 2 heterocycles. The zero-order valence-electron chi connectivity index (χ0n) is 11.0. The third kappa shape index (κ3) is 2.01. The van der Waals surface area contributed by atoms with E-state index in [0.717, 1.165) is 31.5 Å². The lowest BCUT2D eigenvalue weighted by Gasteiger charge is -2.30. The first-order valence-corrected chi connectivity index (χ1v) is 7.03. The Morgan fingerprint density at radius 2 is 2.00 bits per heavy atom. The number of aromatic nitrogens is 2. The van der Waals surface area contributed by atoms with Gasteiger partial charge < -0.3 is 9.88 Å². The summed E-state index contributed by atoms with van der Waals surface area (Å²) in [5.74, 6) is 2.16. The molecule has 0 bridgehead atoms. The molecule has 3 rings (SSSR count). The Balaban J connectivity index is 1.89. The standard InChI is InChI=1S/C14H23N3/c1-10-3-5-12(6-4-10)17-11(2)16-13-9-15-8-7-14(13)17/h10,12,15H,3-9H2,1-2H3. The van der Waals surface area contributed by atoms with Crippen LogP contribution in [0.2, 0.25) is 0 Å². The van der Waals surface area contributed by atoms with Crippen LogP contribution in [-0.2, 0) is 13.0 Å². The molecule has 0 aromatic carbocycles. The average Bonchev–Trinajstić information content (AvgIpc) is 2.66. The molecule has 1 aliphatic carbocycles. The molecule has 0 saturated heterocycles. The number of aryl methyl sites for hydroxylation is 1. The zero-order chi connectivity index (χ0) is 11.8. The Kier molecular flexibility index (Phi) is 2.95. The van der Waals surface area contributed by atoms with Gasteiger partial charge in [-0.05, 0) is 38.5 Å². The Morgan fingerprint density at radius 1 is 1.24 bits per heavy atom. The summed E-state index contributed by atoms with van der Waals surface area (Å²) in [5, 5.41) is 3.42. The Labute approximate surface area is 104 Å². The Bertz CT molecular complexity index is 400. The molecule has 0 unspecified atom stereocenters.